The highest BCUT2D eigenvalue weighted by atomic mass is 16.5. The summed E-state index contributed by atoms with van der Waals surface area (Å²) in [4.78, 5) is 21.7. The fourth-order valence-electron chi connectivity index (χ4n) is 6.29. The van der Waals surface area contributed by atoms with Gasteiger partial charge in [0, 0.05) is 42.8 Å². The molecule has 1 unspecified atom stereocenters. The summed E-state index contributed by atoms with van der Waals surface area (Å²) in [6.07, 6.45) is 5.77. The molecule has 39 heavy (non-hydrogen) atoms. The second-order valence-corrected chi connectivity index (χ2v) is 10.9. The topological polar surface area (TPSA) is 92.2 Å². The molecule has 4 aromatic rings. The molecule has 2 aromatic heterocycles. The van der Waals surface area contributed by atoms with E-state index in [1.807, 2.05) is 23.7 Å². The van der Waals surface area contributed by atoms with Crippen LogP contribution >= 0.6 is 0 Å². The number of hydrogen-bond donors (Lipinski definition) is 1. The minimum Gasteiger partial charge on any atom is -0.497 e. The van der Waals surface area contributed by atoms with Crippen LogP contribution in [0.25, 0.3) is 10.9 Å². The predicted molar refractivity (Wildman–Crippen MR) is 153 cm³/mol. The number of methoxy groups -OCH3 is 1. The number of ether oxygens (including phenoxy) is 1. The smallest absolute Gasteiger partial charge is 0.253 e. The van der Waals surface area contributed by atoms with Gasteiger partial charge >= 0.3 is 0 Å². The van der Waals surface area contributed by atoms with Gasteiger partial charge in [-0.25, -0.2) is 4.68 Å². The van der Waals surface area contributed by atoms with Gasteiger partial charge in [0.1, 0.15) is 11.8 Å². The van der Waals surface area contributed by atoms with Crippen LogP contribution in [0.4, 0.5) is 5.69 Å². The van der Waals surface area contributed by atoms with Gasteiger partial charge in [-0.3, -0.25) is 9.69 Å². The number of H-pyrrole nitrogens is 1. The summed E-state index contributed by atoms with van der Waals surface area (Å²) in [5, 5.41) is 14.3. The second kappa shape index (κ2) is 10.8. The molecule has 3 heterocycles. The quantitative estimate of drug-likeness (QED) is 0.393. The summed E-state index contributed by atoms with van der Waals surface area (Å²) in [6, 6.07) is 14.4. The van der Waals surface area contributed by atoms with Gasteiger partial charge < -0.3 is 14.6 Å². The number of rotatable bonds is 6. The van der Waals surface area contributed by atoms with Crippen LogP contribution in [0.3, 0.4) is 0 Å². The number of aromatic amines is 1. The molecule has 9 nitrogen and oxygen atoms in total. The van der Waals surface area contributed by atoms with Crippen molar-refractivity contribution in [2.75, 3.05) is 38.2 Å². The van der Waals surface area contributed by atoms with Crippen molar-refractivity contribution in [3.05, 3.63) is 75.3 Å². The fourth-order valence-corrected chi connectivity index (χ4v) is 6.29. The standard InChI is InChI=1S/C30H37N7O2/c1-20-9-10-21(2)27-25(20)19-26(30(38)31-27)28(29-32-33-34-37(29)23-7-5-4-6-8-23)36-17-15-35(16-18-36)22-11-13-24(39-3)14-12-22/h9-14,19,23,28H,4-8,15-18H2,1-3H3,(H,31,38). The zero-order valence-electron chi connectivity index (χ0n) is 23.1. The lowest BCUT2D eigenvalue weighted by Gasteiger charge is -2.40. The van der Waals surface area contributed by atoms with Crippen LogP contribution in [-0.2, 0) is 0 Å². The average molecular weight is 528 g/mol. The van der Waals surface area contributed by atoms with Crippen LogP contribution in [0.1, 0.15) is 66.7 Å². The number of aryl methyl sites for hydroxylation is 2. The van der Waals surface area contributed by atoms with Crippen molar-refractivity contribution in [2.24, 2.45) is 0 Å². The van der Waals surface area contributed by atoms with Gasteiger partial charge in [0.05, 0.1) is 18.7 Å². The molecule has 1 aliphatic carbocycles. The van der Waals surface area contributed by atoms with E-state index in [-0.39, 0.29) is 17.6 Å². The first-order valence-electron chi connectivity index (χ1n) is 14.1. The van der Waals surface area contributed by atoms with Crippen molar-refractivity contribution in [3.8, 4) is 5.75 Å². The molecular weight excluding hydrogens is 490 g/mol. The van der Waals surface area contributed by atoms with E-state index in [0.717, 1.165) is 72.6 Å². The number of aromatic nitrogens is 5. The molecule has 0 bridgehead atoms. The Bertz CT molecular complexity index is 1500. The minimum absolute atomic E-state index is 0.0722. The summed E-state index contributed by atoms with van der Waals surface area (Å²) in [5.41, 5.74) is 4.92. The van der Waals surface area contributed by atoms with Gasteiger partial charge in [0.15, 0.2) is 5.82 Å². The molecule has 0 radical (unpaired) electrons. The number of fused-ring (bicyclic) bond motifs is 1. The SMILES string of the molecule is COc1ccc(N2CCN(C(c3cc4c(C)ccc(C)c4[nH]c3=O)c3nnnn3C3CCCCC3)CC2)cc1. The maximum atomic E-state index is 13.7. The Kier molecular flexibility index (Phi) is 7.08. The third-order valence-electron chi connectivity index (χ3n) is 8.57. The van der Waals surface area contributed by atoms with E-state index >= 15 is 0 Å². The average Bonchev–Trinajstić information content (AvgIpc) is 3.46. The maximum Gasteiger partial charge on any atom is 0.253 e. The van der Waals surface area contributed by atoms with Crippen LogP contribution in [0.15, 0.2) is 47.3 Å². The molecule has 1 atom stereocenters. The summed E-state index contributed by atoms with van der Waals surface area (Å²) in [5.74, 6) is 1.63. The molecule has 2 aliphatic rings. The molecule has 0 spiro atoms. The normalized spacial score (nSPS) is 18.0. The first kappa shape index (κ1) is 25.6. The van der Waals surface area contributed by atoms with Crippen LogP contribution in [-0.4, -0.2) is 63.4 Å². The van der Waals surface area contributed by atoms with Gasteiger partial charge in [-0.05, 0) is 78.6 Å². The number of pyridine rings is 1. The molecule has 0 amide bonds. The number of piperazine rings is 1. The fraction of sp³-hybridized carbons (Fsp3) is 0.467. The van der Waals surface area contributed by atoms with Gasteiger partial charge in [0.2, 0.25) is 0 Å². The van der Waals surface area contributed by atoms with E-state index in [4.69, 9.17) is 4.74 Å². The maximum absolute atomic E-state index is 13.7. The van der Waals surface area contributed by atoms with E-state index in [1.165, 1.54) is 24.9 Å². The van der Waals surface area contributed by atoms with E-state index < -0.39 is 0 Å². The Balaban J connectivity index is 1.38. The Morgan fingerprint density at radius 2 is 1.67 bits per heavy atom. The van der Waals surface area contributed by atoms with Crippen LogP contribution < -0.4 is 15.2 Å². The van der Waals surface area contributed by atoms with Crippen molar-refractivity contribution in [2.45, 2.75) is 58.0 Å². The highest BCUT2D eigenvalue weighted by Gasteiger charge is 2.34. The van der Waals surface area contributed by atoms with Crippen molar-refractivity contribution < 1.29 is 4.74 Å². The molecule has 1 N–H and O–H groups in total. The zero-order chi connectivity index (χ0) is 26.9. The number of hydrogen-bond acceptors (Lipinski definition) is 7. The van der Waals surface area contributed by atoms with Crippen molar-refractivity contribution in [1.29, 1.82) is 0 Å². The number of anilines is 1. The monoisotopic (exact) mass is 527 g/mol. The Labute approximate surface area is 228 Å². The largest absolute Gasteiger partial charge is 0.497 e. The molecule has 1 aliphatic heterocycles. The lowest BCUT2D eigenvalue weighted by Crippen LogP contribution is -2.49. The van der Waals surface area contributed by atoms with E-state index in [0.29, 0.717) is 5.56 Å². The molecular formula is C30H37N7O2. The highest BCUT2D eigenvalue weighted by Crippen LogP contribution is 2.34. The predicted octanol–water partition coefficient (Wildman–Crippen LogP) is 4.56. The number of tetrazole rings is 1. The zero-order valence-corrected chi connectivity index (χ0v) is 23.1. The van der Waals surface area contributed by atoms with E-state index in [2.05, 4.69) is 67.6 Å². The van der Waals surface area contributed by atoms with E-state index in [1.54, 1.807) is 7.11 Å². The molecule has 9 heteroatoms. The summed E-state index contributed by atoms with van der Waals surface area (Å²) in [7, 11) is 1.69. The highest BCUT2D eigenvalue weighted by molar-refractivity contribution is 5.85. The first-order valence-corrected chi connectivity index (χ1v) is 14.1. The molecule has 1 saturated carbocycles. The number of benzene rings is 2. The third kappa shape index (κ3) is 4.91. The molecule has 204 valence electrons. The van der Waals surface area contributed by atoms with Crippen LogP contribution in [0.2, 0.25) is 0 Å². The minimum atomic E-state index is -0.326. The first-order chi connectivity index (χ1) is 19.0. The van der Waals surface area contributed by atoms with Gasteiger partial charge in [-0.1, -0.05) is 31.4 Å². The number of nitrogens with one attached hydrogen (secondary N) is 1. The van der Waals surface area contributed by atoms with E-state index in [9.17, 15) is 4.79 Å². The van der Waals surface area contributed by atoms with Crippen molar-refractivity contribution >= 4 is 16.6 Å². The van der Waals surface area contributed by atoms with Gasteiger partial charge in [0.25, 0.3) is 5.56 Å². The van der Waals surface area contributed by atoms with Crippen LogP contribution in [0.5, 0.6) is 5.75 Å². The molecule has 6 rings (SSSR count). The third-order valence-corrected chi connectivity index (χ3v) is 8.57. The Morgan fingerprint density at radius 3 is 2.38 bits per heavy atom. The van der Waals surface area contributed by atoms with Crippen molar-refractivity contribution in [3.63, 3.8) is 0 Å². The summed E-state index contributed by atoms with van der Waals surface area (Å²) < 4.78 is 7.35. The van der Waals surface area contributed by atoms with Crippen molar-refractivity contribution in [1.82, 2.24) is 30.1 Å². The lowest BCUT2D eigenvalue weighted by molar-refractivity contribution is 0.192. The van der Waals surface area contributed by atoms with Gasteiger partial charge in [-0.2, -0.15) is 0 Å². The summed E-state index contributed by atoms with van der Waals surface area (Å²) >= 11 is 0. The van der Waals surface area contributed by atoms with Gasteiger partial charge in [-0.15, -0.1) is 5.10 Å². The lowest BCUT2D eigenvalue weighted by atomic mass is 9.94. The second-order valence-electron chi connectivity index (χ2n) is 10.9. The molecule has 2 aromatic carbocycles. The molecule has 1 saturated heterocycles. The Morgan fingerprint density at radius 1 is 0.949 bits per heavy atom. The molecule has 2 fully saturated rings. The number of nitrogens with zero attached hydrogens (tertiary/aromatic N) is 6. The van der Waals surface area contributed by atoms with Crippen LogP contribution in [0, 0.1) is 13.8 Å². The summed E-state index contributed by atoms with van der Waals surface area (Å²) in [6.45, 7) is 7.40. The Hall–Kier alpha value is -3.72.